The molecule has 0 aromatic rings. The molecule has 1 fully saturated rings. The van der Waals surface area contributed by atoms with E-state index >= 15 is 0 Å². The SMILES string of the molecule is CCC(CC(C)C(N)=O)N1CCCC1=O. The molecule has 1 aliphatic heterocycles. The van der Waals surface area contributed by atoms with E-state index < -0.39 is 0 Å². The van der Waals surface area contributed by atoms with E-state index in [1.54, 1.807) is 0 Å². The van der Waals surface area contributed by atoms with Gasteiger partial charge in [0.05, 0.1) is 0 Å². The molecule has 0 aromatic heterocycles. The molecule has 1 rings (SSSR count). The third kappa shape index (κ3) is 2.94. The van der Waals surface area contributed by atoms with Crippen LogP contribution in [0.15, 0.2) is 0 Å². The Morgan fingerprint density at radius 2 is 2.27 bits per heavy atom. The summed E-state index contributed by atoms with van der Waals surface area (Å²) in [6.07, 6.45) is 3.18. The van der Waals surface area contributed by atoms with Gasteiger partial charge in [-0.2, -0.15) is 0 Å². The Morgan fingerprint density at radius 3 is 2.67 bits per heavy atom. The maximum Gasteiger partial charge on any atom is 0.222 e. The van der Waals surface area contributed by atoms with Crippen molar-refractivity contribution < 1.29 is 9.59 Å². The van der Waals surface area contributed by atoms with Crippen molar-refractivity contribution in [1.29, 1.82) is 0 Å². The molecular formula is C11H20N2O2. The van der Waals surface area contributed by atoms with Gasteiger partial charge >= 0.3 is 0 Å². The van der Waals surface area contributed by atoms with Gasteiger partial charge in [-0.3, -0.25) is 9.59 Å². The lowest BCUT2D eigenvalue weighted by molar-refractivity contribution is -0.131. The van der Waals surface area contributed by atoms with Crippen LogP contribution in [0.2, 0.25) is 0 Å². The van der Waals surface area contributed by atoms with Gasteiger partial charge in [0, 0.05) is 24.9 Å². The number of hydrogen-bond acceptors (Lipinski definition) is 2. The smallest absolute Gasteiger partial charge is 0.222 e. The zero-order chi connectivity index (χ0) is 11.4. The fourth-order valence-corrected chi connectivity index (χ4v) is 2.09. The monoisotopic (exact) mass is 212 g/mol. The Morgan fingerprint density at radius 1 is 1.60 bits per heavy atom. The quantitative estimate of drug-likeness (QED) is 0.736. The Bertz CT molecular complexity index is 253. The van der Waals surface area contributed by atoms with Crippen LogP contribution in [0.25, 0.3) is 0 Å². The molecule has 0 saturated carbocycles. The molecule has 86 valence electrons. The van der Waals surface area contributed by atoms with Crippen molar-refractivity contribution in [1.82, 2.24) is 4.90 Å². The van der Waals surface area contributed by atoms with Crippen LogP contribution in [0.1, 0.15) is 39.5 Å². The first kappa shape index (κ1) is 12.0. The minimum atomic E-state index is -0.278. The van der Waals surface area contributed by atoms with Gasteiger partial charge in [0.2, 0.25) is 11.8 Å². The Hall–Kier alpha value is -1.06. The lowest BCUT2D eigenvalue weighted by Gasteiger charge is -2.28. The molecule has 1 aliphatic rings. The zero-order valence-corrected chi connectivity index (χ0v) is 9.53. The van der Waals surface area contributed by atoms with E-state index in [4.69, 9.17) is 5.73 Å². The molecule has 0 aliphatic carbocycles. The van der Waals surface area contributed by atoms with E-state index in [1.165, 1.54) is 0 Å². The number of carbonyl (C=O) groups is 2. The molecule has 4 nitrogen and oxygen atoms in total. The first-order valence-electron chi connectivity index (χ1n) is 5.65. The molecule has 1 saturated heterocycles. The van der Waals surface area contributed by atoms with Gasteiger partial charge in [0.25, 0.3) is 0 Å². The van der Waals surface area contributed by atoms with E-state index in [9.17, 15) is 9.59 Å². The summed E-state index contributed by atoms with van der Waals surface area (Å²) in [7, 11) is 0. The molecule has 2 atom stereocenters. The molecule has 0 bridgehead atoms. The van der Waals surface area contributed by atoms with Crippen molar-refractivity contribution in [2.45, 2.75) is 45.6 Å². The second-order valence-electron chi connectivity index (χ2n) is 4.29. The molecule has 2 N–H and O–H groups in total. The van der Waals surface area contributed by atoms with Crippen LogP contribution in [-0.4, -0.2) is 29.3 Å². The Kier molecular flexibility index (Phi) is 4.12. The van der Waals surface area contributed by atoms with E-state index in [0.717, 1.165) is 19.4 Å². The molecular weight excluding hydrogens is 192 g/mol. The molecule has 2 unspecified atom stereocenters. The lowest BCUT2D eigenvalue weighted by atomic mass is 9.98. The maximum absolute atomic E-state index is 11.5. The van der Waals surface area contributed by atoms with Gasteiger partial charge < -0.3 is 10.6 Å². The highest BCUT2D eigenvalue weighted by Gasteiger charge is 2.28. The van der Waals surface area contributed by atoms with Crippen molar-refractivity contribution in [3.8, 4) is 0 Å². The van der Waals surface area contributed by atoms with E-state index in [1.807, 2.05) is 18.7 Å². The first-order chi connectivity index (χ1) is 7.06. The van der Waals surface area contributed by atoms with Crippen molar-refractivity contribution in [2.24, 2.45) is 11.7 Å². The summed E-state index contributed by atoms with van der Waals surface area (Å²) in [5, 5.41) is 0. The lowest BCUT2D eigenvalue weighted by Crippen LogP contribution is -2.38. The van der Waals surface area contributed by atoms with Gasteiger partial charge in [0.1, 0.15) is 0 Å². The van der Waals surface area contributed by atoms with Crippen LogP contribution in [0.5, 0.6) is 0 Å². The average Bonchev–Trinajstić information content (AvgIpc) is 2.60. The average molecular weight is 212 g/mol. The van der Waals surface area contributed by atoms with Gasteiger partial charge in [-0.25, -0.2) is 0 Å². The zero-order valence-electron chi connectivity index (χ0n) is 9.53. The van der Waals surface area contributed by atoms with Crippen LogP contribution in [0.3, 0.4) is 0 Å². The predicted molar refractivity (Wildman–Crippen MR) is 58.0 cm³/mol. The molecule has 4 heteroatoms. The standard InChI is InChI=1S/C11H20N2O2/c1-3-9(7-8(2)11(12)15)13-6-4-5-10(13)14/h8-9H,3-7H2,1-2H3,(H2,12,15). The highest BCUT2D eigenvalue weighted by Crippen LogP contribution is 2.20. The van der Waals surface area contributed by atoms with Crippen LogP contribution < -0.4 is 5.73 Å². The molecule has 0 radical (unpaired) electrons. The minimum absolute atomic E-state index is 0.150. The van der Waals surface area contributed by atoms with Gasteiger partial charge in [-0.15, -0.1) is 0 Å². The highest BCUT2D eigenvalue weighted by atomic mass is 16.2. The topological polar surface area (TPSA) is 63.4 Å². The van der Waals surface area contributed by atoms with Crippen LogP contribution in [-0.2, 0) is 9.59 Å². The van der Waals surface area contributed by atoms with Gasteiger partial charge in [-0.1, -0.05) is 13.8 Å². The van der Waals surface area contributed by atoms with Crippen molar-refractivity contribution in [3.05, 3.63) is 0 Å². The number of carbonyl (C=O) groups excluding carboxylic acids is 2. The highest BCUT2D eigenvalue weighted by molar-refractivity contribution is 5.79. The van der Waals surface area contributed by atoms with Crippen LogP contribution in [0, 0.1) is 5.92 Å². The molecule has 15 heavy (non-hydrogen) atoms. The van der Waals surface area contributed by atoms with E-state index in [-0.39, 0.29) is 23.8 Å². The maximum atomic E-state index is 11.5. The Balaban J connectivity index is 2.55. The number of likely N-dealkylation sites (tertiary alicyclic amines) is 1. The Labute approximate surface area is 90.8 Å². The number of rotatable bonds is 5. The summed E-state index contributed by atoms with van der Waals surface area (Å²) in [5.74, 6) is -0.207. The fourth-order valence-electron chi connectivity index (χ4n) is 2.09. The van der Waals surface area contributed by atoms with Crippen LogP contribution in [0.4, 0.5) is 0 Å². The fraction of sp³-hybridized carbons (Fsp3) is 0.818. The summed E-state index contributed by atoms with van der Waals surface area (Å²) in [6, 6.07) is 0.183. The minimum Gasteiger partial charge on any atom is -0.369 e. The summed E-state index contributed by atoms with van der Waals surface area (Å²) in [4.78, 5) is 24.4. The third-order valence-corrected chi connectivity index (χ3v) is 3.13. The third-order valence-electron chi connectivity index (χ3n) is 3.13. The summed E-state index contributed by atoms with van der Waals surface area (Å²) in [5.41, 5.74) is 5.23. The summed E-state index contributed by atoms with van der Waals surface area (Å²) in [6.45, 7) is 4.71. The van der Waals surface area contributed by atoms with Crippen LogP contribution >= 0.6 is 0 Å². The van der Waals surface area contributed by atoms with Crippen molar-refractivity contribution >= 4 is 11.8 Å². The number of hydrogen-bond donors (Lipinski definition) is 1. The van der Waals surface area contributed by atoms with Crippen molar-refractivity contribution in [3.63, 3.8) is 0 Å². The summed E-state index contributed by atoms with van der Waals surface area (Å²) >= 11 is 0. The second-order valence-corrected chi connectivity index (χ2v) is 4.29. The summed E-state index contributed by atoms with van der Waals surface area (Å²) < 4.78 is 0. The molecule has 0 aromatic carbocycles. The molecule has 0 spiro atoms. The van der Waals surface area contributed by atoms with Gasteiger partial charge in [0.15, 0.2) is 0 Å². The predicted octanol–water partition coefficient (Wildman–Crippen LogP) is 0.899. The van der Waals surface area contributed by atoms with E-state index in [2.05, 4.69) is 0 Å². The first-order valence-corrected chi connectivity index (χ1v) is 5.65. The number of amides is 2. The largest absolute Gasteiger partial charge is 0.369 e. The molecule has 2 amide bonds. The molecule has 1 heterocycles. The van der Waals surface area contributed by atoms with Crippen molar-refractivity contribution in [2.75, 3.05) is 6.54 Å². The number of nitrogens with two attached hydrogens (primary N) is 1. The number of primary amides is 1. The van der Waals surface area contributed by atoms with E-state index in [0.29, 0.717) is 12.8 Å². The second kappa shape index (κ2) is 5.14. The van der Waals surface area contributed by atoms with Gasteiger partial charge in [-0.05, 0) is 19.3 Å². The number of nitrogens with zero attached hydrogens (tertiary/aromatic N) is 1. The normalized spacial score (nSPS) is 20.4.